The number of ether oxygens (including phenoxy) is 1. The number of aryl methyl sites for hydroxylation is 1. The van der Waals surface area contributed by atoms with Gasteiger partial charge in [0.1, 0.15) is 6.61 Å². The Morgan fingerprint density at radius 3 is 3.00 bits per heavy atom. The monoisotopic (exact) mass is 228 g/mol. The van der Waals surface area contributed by atoms with Gasteiger partial charge in [0, 0.05) is 12.8 Å². The predicted octanol–water partition coefficient (Wildman–Crippen LogP) is 2.02. The van der Waals surface area contributed by atoms with Gasteiger partial charge in [-0.2, -0.15) is 0 Å². The minimum atomic E-state index is -0.227. The maximum Gasteiger partial charge on any atom is 0.250 e. The summed E-state index contributed by atoms with van der Waals surface area (Å²) in [5, 5.41) is 2.95. The lowest BCUT2D eigenvalue weighted by Gasteiger charge is -2.08. The standard InChI is InChI=1S/C10H13ClN2O2/c1-3-15-6-8(14)13-9-7(2)4-5-12-10(9)11/h4-5H,3,6H2,1-2H3,(H,13,14). The van der Waals surface area contributed by atoms with Gasteiger partial charge >= 0.3 is 0 Å². The van der Waals surface area contributed by atoms with Crippen molar-refractivity contribution in [3.8, 4) is 0 Å². The van der Waals surface area contributed by atoms with E-state index in [1.807, 2.05) is 13.8 Å². The molecule has 15 heavy (non-hydrogen) atoms. The van der Waals surface area contributed by atoms with E-state index in [4.69, 9.17) is 16.3 Å². The first-order chi connectivity index (χ1) is 7.15. The second-order valence-corrected chi connectivity index (χ2v) is 3.34. The molecule has 5 heteroatoms. The summed E-state index contributed by atoms with van der Waals surface area (Å²) in [7, 11) is 0. The highest BCUT2D eigenvalue weighted by Crippen LogP contribution is 2.22. The van der Waals surface area contributed by atoms with E-state index < -0.39 is 0 Å². The normalized spacial score (nSPS) is 10.1. The molecule has 1 rings (SSSR count). The van der Waals surface area contributed by atoms with Gasteiger partial charge in [-0.1, -0.05) is 11.6 Å². The van der Waals surface area contributed by atoms with Crippen LogP contribution >= 0.6 is 11.6 Å². The number of anilines is 1. The van der Waals surface area contributed by atoms with Crippen LogP contribution in [0.1, 0.15) is 12.5 Å². The van der Waals surface area contributed by atoms with E-state index in [1.165, 1.54) is 0 Å². The molecule has 0 aliphatic rings. The van der Waals surface area contributed by atoms with E-state index in [1.54, 1.807) is 12.3 Å². The first kappa shape index (κ1) is 11.9. The Morgan fingerprint density at radius 1 is 1.67 bits per heavy atom. The fourth-order valence-corrected chi connectivity index (χ4v) is 1.30. The third-order valence-corrected chi connectivity index (χ3v) is 2.10. The maximum atomic E-state index is 11.4. The second kappa shape index (κ2) is 5.68. The van der Waals surface area contributed by atoms with Crippen LogP contribution in [0.5, 0.6) is 0 Å². The maximum absolute atomic E-state index is 11.4. The van der Waals surface area contributed by atoms with Gasteiger partial charge in [0.25, 0.3) is 0 Å². The summed E-state index contributed by atoms with van der Waals surface area (Å²) in [5.41, 5.74) is 1.42. The molecule has 0 aliphatic heterocycles. The van der Waals surface area contributed by atoms with Gasteiger partial charge in [-0.3, -0.25) is 4.79 Å². The summed E-state index contributed by atoms with van der Waals surface area (Å²) in [6.45, 7) is 4.22. The summed E-state index contributed by atoms with van der Waals surface area (Å²) in [4.78, 5) is 15.2. The van der Waals surface area contributed by atoms with Crippen molar-refractivity contribution < 1.29 is 9.53 Å². The molecule has 82 valence electrons. The van der Waals surface area contributed by atoms with Crippen molar-refractivity contribution in [1.82, 2.24) is 4.98 Å². The molecule has 0 fully saturated rings. The molecule has 0 saturated carbocycles. The van der Waals surface area contributed by atoms with Crippen molar-refractivity contribution >= 4 is 23.2 Å². The molecule has 4 nitrogen and oxygen atoms in total. The largest absolute Gasteiger partial charge is 0.372 e. The molecule has 1 aromatic heterocycles. The van der Waals surface area contributed by atoms with Crippen LogP contribution in [-0.2, 0) is 9.53 Å². The number of halogens is 1. The lowest BCUT2D eigenvalue weighted by molar-refractivity contribution is -0.120. The van der Waals surface area contributed by atoms with E-state index in [2.05, 4.69) is 10.3 Å². The van der Waals surface area contributed by atoms with Crippen molar-refractivity contribution in [3.05, 3.63) is 23.0 Å². The first-order valence-electron chi connectivity index (χ1n) is 4.63. The summed E-state index contributed by atoms with van der Waals surface area (Å²) >= 11 is 5.84. The number of aromatic nitrogens is 1. The van der Waals surface area contributed by atoms with Crippen LogP contribution in [0.3, 0.4) is 0 Å². The summed E-state index contributed by atoms with van der Waals surface area (Å²) in [6, 6.07) is 1.78. The van der Waals surface area contributed by atoms with Crippen LogP contribution in [0.15, 0.2) is 12.3 Å². The Morgan fingerprint density at radius 2 is 2.40 bits per heavy atom. The molecule has 0 radical (unpaired) electrons. The molecule has 1 amide bonds. The third kappa shape index (κ3) is 3.49. The second-order valence-electron chi connectivity index (χ2n) is 2.98. The van der Waals surface area contributed by atoms with E-state index in [0.29, 0.717) is 17.4 Å². The first-order valence-corrected chi connectivity index (χ1v) is 5.01. The Balaban J connectivity index is 2.68. The molecule has 0 spiro atoms. The molecule has 0 bridgehead atoms. The molecule has 1 heterocycles. The van der Waals surface area contributed by atoms with Crippen molar-refractivity contribution in [2.75, 3.05) is 18.5 Å². The lowest BCUT2D eigenvalue weighted by atomic mass is 10.2. The molecule has 0 aromatic carbocycles. The van der Waals surface area contributed by atoms with Gasteiger partial charge in [0.05, 0.1) is 5.69 Å². The smallest absolute Gasteiger partial charge is 0.250 e. The molecule has 0 saturated heterocycles. The SMILES string of the molecule is CCOCC(=O)Nc1c(C)ccnc1Cl. The highest BCUT2D eigenvalue weighted by atomic mass is 35.5. The van der Waals surface area contributed by atoms with Gasteiger partial charge in [0.15, 0.2) is 5.15 Å². The zero-order chi connectivity index (χ0) is 11.3. The van der Waals surface area contributed by atoms with Gasteiger partial charge in [-0.15, -0.1) is 0 Å². The average molecular weight is 229 g/mol. The van der Waals surface area contributed by atoms with Crippen molar-refractivity contribution in [2.45, 2.75) is 13.8 Å². The number of nitrogens with zero attached hydrogens (tertiary/aromatic N) is 1. The van der Waals surface area contributed by atoms with Gasteiger partial charge in [0.2, 0.25) is 5.91 Å². The Kier molecular flexibility index (Phi) is 4.52. The third-order valence-electron chi connectivity index (χ3n) is 1.81. The number of hydrogen-bond acceptors (Lipinski definition) is 3. The Bertz CT molecular complexity index is 335. The number of pyridine rings is 1. The summed E-state index contributed by atoms with van der Waals surface area (Å²) in [5.74, 6) is -0.227. The molecule has 1 N–H and O–H groups in total. The Labute approximate surface area is 93.6 Å². The quantitative estimate of drug-likeness (QED) is 0.803. The lowest BCUT2D eigenvalue weighted by Crippen LogP contribution is -2.19. The van der Waals surface area contributed by atoms with Crippen molar-refractivity contribution in [2.24, 2.45) is 0 Å². The molecule has 1 aromatic rings. The molecule has 0 unspecified atom stereocenters. The average Bonchev–Trinajstić information content (AvgIpc) is 2.21. The van der Waals surface area contributed by atoms with E-state index in [9.17, 15) is 4.79 Å². The topological polar surface area (TPSA) is 51.2 Å². The minimum absolute atomic E-state index is 0.0289. The number of hydrogen-bond donors (Lipinski definition) is 1. The van der Waals surface area contributed by atoms with Crippen molar-refractivity contribution in [1.29, 1.82) is 0 Å². The summed E-state index contributed by atoms with van der Waals surface area (Å²) < 4.78 is 4.97. The molecular weight excluding hydrogens is 216 g/mol. The highest BCUT2D eigenvalue weighted by Gasteiger charge is 2.08. The fraction of sp³-hybridized carbons (Fsp3) is 0.400. The van der Waals surface area contributed by atoms with Crippen LogP contribution < -0.4 is 5.32 Å². The fourth-order valence-electron chi connectivity index (χ4n) is 1.05. The molecular formula is C10H13ClN2O2. The van der Waals surface area contributed by atoms with E-state index in [-0.39, 0.29) is 12.5 Å². The Hall–Kier alpha value is -1.13. The number of rotatable bonds is 4. The predicted molar refractivity (Wildman–Crippen MR) is 59.1 cm³/mol. The van der Waals surface area contributed by atoms with Crippen molar-refractivity contribution in [3.63, 3.8) is 0 Å². The van der Waals surface area contributed by atoms with Crippen LogP contribution in [0.4, 0.5) is 5.69 Å². The number of carbonyl (C=O) groups excluding carboxylic acids is 1. The number of carbonyl (C=O) groups is 1. The van der Waals surface area contributed by atoms with Crippen LogP contribution in [0, 0.1) is 6.92 Å². The molecule has 0 aliphatic carbocycles. The zero-order valence-corrected chi connectivity index (χ0v) is 9.47. The number of nitrogens with one attached hydrogen (secondary N) is 1. The van der Waals surface area contributed by atoms with Crippen LogP contribution in [0.25, 0.3) is 0 Å². The van der Waals surface area contributed by atoms with Gasteiger partial charge in [-0.25, -0.2) is 4.98 Å². The van der Waals surface area contributed by atoms with E-state index in [0.717, 1.165) is 5.56 Å². The van der Waals surface area contributed by atoms with Crippen LogP contribution in [-0.4, -0.2) is 24.1 Å². The zero-order valence-electron chi connectivity index (χ0n) is 8.71. The van der Waals surface area contributed by atoms with E-state index >= 15 is 0 Å². The van der Waals surface area contributed by atoms with Crippen LogP contribution in [0.2, 0.25) is 5.15 Å². The molecule has 0 atom stereocenters. The van der Waals surface area contributed by atoms with Gasteiger partial charge in [-0.05, 0) is 25.5 Å². The minimum Gasteiger partial charge on any atom is -0.372 e. The van der Waals surface area contributed by atoms with Gasteiger partial charge < -0.3 is 10.1 Å². The summed E-state index contributed by atoms with van der Waals surface area (Å²) in [6.07, 6.45) is 1.59. The highest BCUT2D eigenvalue weighted by molar-refractivity contribution is 6.32. The number of amides is 1.